The molecule has 1 aliphatic heterocycles. The molecule has 1 aromatic carbocycles. The Kier molecular flexibility index (Phi) is 4.84. The summed E-state index contributed by atoms with van der Waals surface area (Å²) in [5.41, 5.74) is 2.38. The van der Waals surface area contributed by atoms with Crippen molar-refractivity contribution in [2.45, 2.75) is 25.3 Å². The molecule has 5 nitrogen and oxygen atoms in total. The number of rotatable bonds is 4. The van der Waals surface area contributed by atoms with Crippen LogP contribution in [0.15, 0.2) is 54.9 Å². The lowest BCUT2D eigenvalue weighted by atomic mass is 10.0. The molecule has 26 heavy (non-hydrogen) atoms. The van der Waals surface area contributed by atoms with Gasteiger partial charge in [-0.15, -0.1) is 0 Å². The number of hydrogen-bond acceptors (Lipinski definition) is 5. The van der Waals surface area contributed by atoms with Crippen molar-refractivity contribution in [1.82, 2.24) is 20.3 Å². The van der Waals surface area contributed by atoms with Crippen LogP contribution in [0.1, 0.15) is 31.1 Å². The van der Waals surface area contributed by atoms with Crippen molar-refractivity contribution in [2.24, 2.45) is 0 Å². The van der Waals surface area contributed by atoms with Crippen molar-refractivity contribution in [2.75, 3.05) is 11.9 Å². The van der Waals surface area contributed by atoms with Crippen LogP contribution in [-0.4, -0.2) is 21.5 Å². The molecule has 1 fully saturated rings. The highest BCUT2D eigenvalue weighted by Gasteiger charge is 2.19. The Morgan fingerprint density at radius 1 is 1.08 bits per heavy atom. The predicted octanol–water partition coefficient (Wildman–Crippen LogP) is 4.24. The minimum Gasteiger partial charge on any atom is -0.340 e. The van der Waals surface area contributed by atoms with Crippen LogP contribution in [0.3, 0.4) is 0 Å². The van der Waals surface area contributed by atoms with Gasteiger partial charge in [0.15, 0.2) is 0 Å². The molecule has 1 aliphatic rings. The highest BCUT2D eigenvalue weighted by Crippen LogP contribution is 2.26. The van der Waals surface area contributed by atoms with Gasteiger partial charge in [0.2, 0.25) is 0 Å². The largest absolute Gasteiger partial charge is 0.340 e. The van der Waals surface area contributed by atoms with E-state index in [2.05, 4.69) is 20.6 Å². The summed E-state index contributed by atoms with van der Waals surface area (Å²) in [6, 6.07) is 12.2. The van der Waals surface area contributed by atoms with E-state index in [-0.39, 0.29) is 11.9 Å². The van der Waals surface area contributed by atoms with Crippen LogP contribution in [-0.2, 0) is 0 Å². The molecule has 6 heteroatoms. The number of halogens is 1. The van der Waals surface area contributed by atoms with Gasteiger partial charge in [0, 0.05) is 29.7 Å². The minimum absolute atomic E-state index is 0.133. The Morgan fingerprint density at radius 2 is 2.04 bits per heavy atom. The van der Waals surface area contributed by atoms with Crippen LogP contribution in [0.2, 0.25) is 0 Å². The molecule has 0 saturated carbocycles. The van der Waals surface area contributed by atoms with Gasteiger partial charge in [-0.2, -0.15) is 0 Å². The van der Waals surface area contributed by atoms with Crippen molar-refractivity contribution in [3.8, 4) is 11.3 Å². The number of nitrogens with one attached hydrogen (secondary N) is 2. The molecule has 2 N–H and O–H groups in total. The maximum absolute atomic E-state index is 13.5. The van der Waals surface area contributed by atoms with E-state index < -0.39 is 0 Å². The van der Waals surface area contributed by atoms with E-state index in [4.69, 9.17) is 4.98 Å². The number of nitrogens with zero attached hydrogens (tertiary/aromatic N) is 3. The quantitative estimate of drug-likeness (QED) is 0.738. The molecule has 0 bridgehead atoms. The fraction of sp³-hybridized carbons (Fsp3) is 0.250. The Bertz CT molecular complexity index is 878. The van der Waals surface area contributed by atoms with Gasteiger partial charge in [0.1, 0.15) is 17.5 Å². The van der Waals surface area contributed by atoms with Gasteiger partial charge in [-0.1, -0.05) is 12.5 Å². The topological polar surface area (TPSA) is 62.7 Å². The second kappa shape index (κ2) is 7.58. The number of pyridine rings is 1. The van der Waals surface area contributed by atoms with E-state index in [1.165, 1.54) is 18.6 Å². The molecule has 2 aromatic heterocycles. The molecular formula is C20H20FN5. The van der Waals surface area contributed by atoms with Crippen LogP contribution in [0.4, 0.5) is 15.9 Å². The third-order valence-corrected chi connectivity index (χ3v) is 4.42. The van der Waals surface area contributed by atoms with Crippen molar-refractivity contribution in [1.29, 1.82) is 0 Å². The molecule has 0 radical (unpaired) electrons. The standard InChI is InChI=1S/C20H20FN5/c21-15-6-3-7-16(11-15)24-19-12-18(14-5-4-9-22-13-14)25-20(26-19)17-8-1-2-10-23-17/h3-7,9,11-13,17,23H,1-2,8,10H2,(H,24,25,26)/t17-/m0/s1. The average Bonchev–Trinajstić information content (AvgIpc) is 2.69. The predicted molar refractivity (Wildman–Crippen MR) is 99.5 cm³/mol. The number of aromatic nitrogens is 3. The normalized spacial score (nSPS) is 17.0. The Morgan fingerprint density at radius 3 is 2.81 bits per heavy atom. The fourth-order valence-electron chi connectivity index (χ4n) is 3.13. The smallest absolute Gasteiger partial charge is 0.148 e. The SMILES string of the molecule is Fc1cccc(Nc2cc(-c3cccnc3)nc([C@@H]3CCCCN3)n2)c1. The highest BCUT2D eigenvalue weighted by atomic mass is 19.1. The number of benzene rings is 1. The summed E-state index contributed by atoms with van der Waals surface area (Å²) in [6.45, 7) is 0.970. The van der Waals surface area contributed by atoms with Crippen LogP contribution in [0.5, 0.6) is 0 Å². The summed E-state index contributed by atoms with van der Waals surface area (Å²) in [5.74, 6) is 1.11. The molecule has 3 heterocycles. The first kappa shape index (κ1) is 16.6. The van der Waals surface area contributed by atoms with Crippen LogP contribution in [0.25, 0.3) is 11.3 Å². The molecule has 132 valence electrons. The second-order valence-electron chi connectivity index (χ2n) is 6.38. The summed E-state index contributed by atoms with van der Waals surface area (Å²) in [5, 5.41) is 6.68. The van der Waals surface area contributed by atoms with E-state index in [0.717, 1.165) is 36.5 Å². The van der Waals surface area contributed by atoms with E-state index in [1.807, 2.05) is 24.3 Å². The van der Waals surface area contributed by atoms with Crippen LogP contribution >= 0.6 is 0 Å². The first-order valence-electron chi connectivity index (χ1n) is 8.83. The third kappa shape index (κ3) is 3.86. The molecule has 3 aromatic rings. The molecule has 0 aliphatic carbocycles. The van der Waals surface area contributed by atoms with E-state index in [0.29, 0.717) is 11.5 Å². The Labute approximate surface area is 151 Å². The summed E-state index contributed by atoms with van der Waals surface area (Å²) in [7, 11) is 0. The summed E-state index contributed by atoms with van der Waals surface area (Å²) in [4.78, 5) is 13.6. The lowest BCUT2D eigenvalue weighted by Crippen LogP contribution is -2.28. The summed E-state index contributed by atoms with van der Waals surface area (Å²) >= 11 is 0. The number of anilines is 2. The third-order valence-electron chi connectivity index (χ3n) is 4.42. The first-order valence-corrected chi connectivity index (χ1v) is 8.83. The van der Waals surface area contributed by atoms with Gasteiger partial charge in [-0.25, -0.2) is 14.4 Å². The van der Waals surface area contributed by atoms with Gasteiger partial charge in [0.05, 0.1) is 11.7 Å². The maximum atomic E-state index is 13.5. The molecule has 0 spiro atoms. The van der Waals surface area contributed by atoms with Gasteiger partial charge >= 0.3 is 0 Å². The first-order chi connectivity index (χ1) is 12.8. The van der Waals surface area contributed by atoms with E-state index in [1.54, 1.807) is 18.5 Å². The zero-order valence-electron chi connectivity index (χ0n) is 14.3. The highest BCUT2D eigenvalue weighted by molar-refractivity contribution is 5.65. The van der Waals surface area contributed by atoms with Gasteiger partial charge in [-0.3, -0.25) is 4.98 Å². The van der Waals surface area contributed by atoms with Gasteiger partial charge in [0.25, 0.3) is 0 Å². The molecule has 1 atom stereocenters. The molecular weight excluding hydrogens is 329 g/mol. The second-order valence-corrected chi connectivity index (χ2v) is 6.38. The minimum atomic E-state index is -0.286. The van der Waals surface area contributed by atoms with Gasteiger partial charge < -0.3 is 10.6 Å². The molecule has 1 saturated heterocycles. The molecule has 0 unspecified atom stereocenters. The lowest BCUT2D eigenvalue weighted by molar-refractivity contribution is 0.398. The zero-order valence-corrected chi connectivity index (χ0v) is 14.3. The van der Waals surface area contributed by atoms with Crippen molar-refractivity contribution in [3.63, 3.8) is 0 Å². The monoisotopic (exact) mass is 349 g/mol. The van der Waals surface area contributed by atoms with E-state index in [9.17, 15) is 4.39 Å². The van der Waals surface area contributed by atoms with Crippen molar-refractivity contribution < 1.29 is 4.39 Å². The Hall–Kier alpha value is -2.86. The summed E-state index contributed by atoms with van der Waals surface area (Å²) < 4.78 is 13.5. The average molecular weight is 349 g/mol. The molecule has 0 amide bonds. The van der Waals surface area contributed by atoms with E-state index >= 15 is 0 Å². The zero-order chi connectivity index (χ0) is 17.8. The summed E-state index contributed by atoms with van der Waals surface area (Å²) in [6.07, 6.45) is 6.86. The van der Waals surface area contributed by atoms with Gasteiger partial charge in [-0.05, 0) is 49.7 Å². The van der Waals surface area contributed by atoms with Crippen molar-refractivity contribution in [3.05, 3.63) is 66.5 Å². The Balaban J connectivity index is 1.72. The van der Waals surface area contributed by atoms with Crippen LogP contribution < -0.4 is 10.6 Å². The fourth-order valence-corrected chi connectivity index (χ4v) is 3.13. The van der Waals surface area contributed by atoms with Crippen LogP contribution in [0, 0.1) is 5.82 Å². The lowest BCUT2D eigenvalue weighted by Gasteiger charge is -2.23. The van der Waals surface area contributed by atoms with Crippen molar-refractivity contribution >= 4 is 11.5 Å². The maximum Gasteiger partial charge on any atom is 0.148 e. The number of piperidine rings is 1. The number of hydrogen-bond donors (Lipinski definition) is 2. The molecule has 4 rings (SSSR count).